The first-order valence-corrected chi connectivity index (χ1v) is 38.4. The van der Waals surface area contributed by atoms with Crippen LogP contribution in [0.2, 0.25) is 0 Å². The third kappa shape index (κ3) is 12.3. The molecule has 4 aliphatic rings. The maximum absolute atomic E-state index is 8.81. The SMILES string of the molecule is [2H]C([2H])([2H])c1c[n+](C)c(-c2cc3c(cc2C)-c2cccc4cccc-3c24)cc1C.[2H]C([2H])([2H])c1c[n+](C)c(-c2ccc3c(c2C)-c2cccc4cccc-3c24)cc1C.[2H]C([2H])(c1cc[n+](C)c(-c2c(C)ccc3c2-c2cccc4cccc-3c24)c1)C(C)(C)C.[2H]C([2H])(c1cc[n+](C)c(-c2cc3c(cc2C)-c2cccc4cccc-3c24)c1)C(C)(C)C. The number of pyridine rings is 4. The molecule has 4 nitrogen and oxygen atoms in total. The number of hydrogen-bond acceptors (Lipinski definition) is 0. The summed E-state index contributed by atoms with van der Waals surface area (Å²) in [6.45, 7) is 19.9. The molecule has 0 radical (unpaired) electrons. The van der Waals surface area contributed by atoms with Crippen molar-refractivity contribution in [3.63, 3.8) is 0 Å². The third-order valence-electron chi connectivity index (χ3n) is 22.9. The van der Waals surface area contributed by atoms with Gasteiger partial charge in [0.25, 0.3) is 0 Å². The van der Waals surface area contributed by atoms with E-state index in [-0.39, 0.29) is 0 Å². The molecule has 540 valence electrons. The molecule has 0 amide bonds. The van der Waals surface area contributed by atoms with Crippen molar-refractivity contribution in [3.8, 4) is 134 Å². The number of benzene rings is 12. The maximum Gasteiger partial charge on any atom is 0.213 e. The summed E-state index contributed by atoms with van der Waals surface area (Å²) in [5, 5.41) is 10.4. The Labute approximate surface area is 665 Å². The van der Waals surface area contributed by atoms with Crippen LogP contribution in [0, 0.1) is 66.1 Å². The average molecular weight is 1440 g/mol. The second-order valence-electron chi connectivity index (χ2n) is 32.9. The number of nitrogens with zero attached hydrogens (tertiary/aromatic N) is 4. The van der Waals surface area contributed by atoms with Gasteiger partial charge in [0.2, 0.25) is 22.8 Å². The van der Waals surface area contributed by atoms with E-state index in [0.717, 1.165) is 61.7 Å². The van der Waals surface area contributed by atoms with Crippen LogP contribution in [-0.2, 0) is 40.9 Å². The molecule has 20 rings (SSSR count). The molecular weight excluding hydrogens is 1330 g/mol. The summed E-state index contributed by atoms with van der Waals surface area (Å²) in [4.78, 5) is 0. The molecule has 4 heterocycles. The lowest BCUT2D eigenvalue weighted by Crippen LogP contribution is -2.31. The fraction of sp³-hybridized carbons (Fsp3) is 0.208. The smallest absolute Gasteiger partial charge is 0.201 e. The van der Waals surface area contributed by atoms with Gasteiger partial charge in [-0.1, -0.05) is 205 Å². The van der Waals surface area contributed by atoms with Gasteiger partial charge in [-0.05, 0) is 280 Å². The van der Waals surface area contributed by atoms with Crippen LogP contribution in [0.15, 0.2) is 255 Å². The molecule has 16 aromatic rings. The lowest BCUT2D eigenvalue weighted by Gasteiger charge is -2.18. The van der Waals surface area contributed by atoms with Gasteiger partial charge in [-0.3, -0.25) is 0 Å². The molecular formula is C106H100N4+4. The molecule has 0 fully saturated rings. The molecule has 0 atom stereocenters. The molecule has 4 aliphatic carbocycles. The van der Waals surface area contributed by atoms with Gasteiger partial charge in [-0.15, -0.1) is 0 Å². The van der Waals surface area contributed by atoms with E-state index in [2.05, 4.69) is 237 Å². The van der Waals surface area contributed by atoms with E-state index in [4.69, 9.17) is 13.7 Å². The van der Waals surface area contributed by atoms with Crippen LogP contribution in [-0.4, -0.2) is 0 Å². The van der Waals surface area contributed by atoms with Gasteiger partial charge in [-0.2, -0.15) is 0 Å². The number of hydrogen-bond donors (Lipinski definition) is 0. The first-order chi connectivity index (χ1) is 56.7. The highest BCUT2D eigenvalue weighted by Crippen LogP contribution is 2.55. The average Bonchev–Trinajstić information content (AvgIpc) is 1.57. The normalized spacial score (nSPS) is 14.0. The van der Waals surface area contributed by atoms with E-state index in [0.29, 0.717) is 11.1 Å². The zero-order valence-electron chi connectivity index (χ0n) is 76.0. The summed E-state index contributed by atoms with van der Waals surface area (Å²) in [5.74, 6) is 0. The van der Waals surface area contributed by atoms with Gasteiger partial charge in [-0.25, -0.2) is 18.3 Å². The second-order valence-corrected chi connectivity index (χ2v) is 32.9. The number of fused-ring (bicyclic) bond motifs is 12. The highest BCUT2D eigenvalue weighted by atomic mass is 14.9. The molecule has 110 heavy (non-hydrogen) atoms. The zero-order valence-corrected chi connectivity index (χ0v) is 66.0. The molecule has 0 N–H and O–H groups in total. The summed E-state index contributed by atoms with van der Waals surface area (Å²) in [7, 11) is 7.93. The molecule has 4 heteroatoms. The fourth-order valence-electron chi connectivity index (χ4n) is 17.8. The first kappa shape index (κ1) is 60.2. The van der Waals surface area contributed by atoms with Crippen molar-refractivity contribution in [1.29, 1.82) is 0 Å². The van der Waals surface area contributed by atoms with E-state index >= 15 is 0 Å². The molecule has 0 saturated heterocycles. The fourth-order valence-corrected chi connectivity index (χ4v) is 17.8. The van der Waals surface area contributed by atoms with Crippen LogP contribution >= 0.6 is 0 Å². The predicted octanol–water partition coefficient (Wildman–Crippen LogP) is 25.6. The van der Waals surface area contributed by atoms with Gasteiger partial charge in [0, 0.05) is 83.5 Å². The van der Waals surface area contributed by atoms with E-state index in [9.17, 15) is 0 Å². The number of aryl methyl sites for hydroxylation is 11. The molecule has 0 unspecified atom stereocenters. The first-order valence-electron chi connectivity index (χ1n) is 43.4. The van der Waals surface area contributed by atoms with Crippen LogP contribution < -0.4 is 18.3 Å². The van der Waals surface area contributed by atoms with Gasteiger partial charge in [0.05, 0.1) is 5.56 Å². The largest absolute Gasteiger partial charge is 0.213 e. The molecule has 0 spiro atoms. The predicted molar refractivity (Wildman–Crippen MR) is 464 cm³/mol. The van der Waals surface area contributed by atoms with Crippen molar-refractivity contribution in [2.75, 3.05) is 0 Å². The van der Waals surface area contributed by atoms with Crippen LogP contribution in [0.3, 0.4) is 0 Å². The Hall–Kier alpha value is -11.7. The summed E-state index contributed by atoms with van der Waals surface area (Å²) in [5.41, 5.74) is 36.8. The van der Waals surface area contributed by atoms with Crippen molar-refractivity contribution in [2.24, 2.45) is 39.0 Å². The highest BCUT2D eigenvalue weighted by Gasteiger charge is 2.32. The summed E-state index contributed by atoms with van der Waals surface area (Å²) >= 11 is 0. The molecule has 4 aromatic heterocycles. The number of aromatic nitrogens is 4. The summed E-state index contributed by atoms with van der Waals surface area (Å²) < 4.78 is 89.9. The Morgan fingerprint density at radius 2 is 0.591 bits per heavy atom. The summed E-state index contributed by atoms with van der Waals surface area (Å²) in [6, 6.07) is 81.9. The van der Waals surface area contributed by atoms with Crippen LogP contribution in [0.25, 0.3) is 177 Å². The van der Waals surface area contributed by atoms with Crippen molar-refractivity contribution < 1.29 is 32.0 Å². The van der Waals surface area contributed by atoms with Crippen molar-refractivity contribution in [2.45, 2.75) is 110 Å². The summed E-state index contributed by atoms with van der Waals surface area (Å²) in [6.07, 6.45) is 4.61. The van der Waals surface area contributed by atoms with Crippen LogP contribution in [0.5, 0.6) is 0 Å². The van der Waals surface area contributed by atoms with Gasteiger partial charge in [0.15, 0.2) is 24.8 Å². The Morgan fingerprint density at radius 1 is 0.264 bits per heavy atom. The second kappa shape index (κ2) is 27.1. The molecule has 12 aromatic carbocycles. The lowest BCUT2D eigenvalue weighted by atomic mass is 9.87. The van der Waals surface area contributed by atoms with Gasteiger partial charge >= 0.3 is 0 Å². The highest BCUT2D eigenvalue weighted by molar-refractivity contribution is 6.20. The van der Waals surface area contributed by atoms with Crippen molar-refractivity contribution in [3.05, 3.63) is 311 Å². The van der Waals surface area contributed by atoms with Gasteiger partial charge in [0.1, 0.15) is 28.2 Å². The van der Waals surface area contributed by atoms with E-state index in [1.165, 1.54) is 160 Å². The maximum atomic E-state index is 8.81. The van der Waals surface area contributed by atoms with E-state index in [1.807, 2.05) is 135 Å². The Morgan fingerprint density at radius 3 is 1.01 bits per heavy atom. The standard InChI is InChI=1S/2C28H28N.2C25H22N/c1-18-14-24-21-10-6-8-20-9-7-11-22(27(20)21)25(24)16-23(18)26-15-19(12-13-29(26)5)17-28(2,3)4;1-18-12-13-22-21-10-6-8-20-9-7-11-23(26(20)21)27(22)25(18)24-16-19(14-15-29(24)5)17-28(2,3)4;1-15-12-24(26(4)14-17(15)3)21-13-23-20-10-6-8-18-7-5-9-19(25(18)20)22(23)11-16(21)2;1-15-13-23(26(4)14-16(15)2)19-11-12-21-20-9-5-7-18-8-6-10-22(25(18)20)24(21)17(19)3/h2*6-16H,17H2,1-5H3;2*5-14H,1-4H3/q4*+1/i2*17D2;3D3;2D3. The lowest BCUT2D eigenvalue weighted by molar-refractivity contribution is -0.660. The minimum atomic E-state index is -2.11. The molecule has 0 saturated carbocycles. The number of rotatable bonds is 6. The van der Waals surface area contributed by atoms with Crippen molar-refractivity contribution in [1.82, 2.24) is 0 Å². The Bertz CT molecular complexity index is 6920. The topological polar surface area (TPSA) is 15.5 Å². The molecule has 0 bridgehead atoms. The minimum Gasteiger partial charge on any atom is -0.201 e. The third-order valence-corrected chi connectivity index (χ3v) is 22.9. The van der Waals surface area contributed by atoms with Crippen molar-refractivity contribution >= 4 is 43.1 Å². The zero-order chi connectivity index (χ0) is 85.3. The Balaban J connectivity index is 0.000000114. The Kier molecular flexibility index (Phi) is 14.9. The van der Waals surface area contributed by atoms with Gasteiger partial charge < -0.3 is 0 Å². The monoisotopic (exact) mass is 1440 g/mol. The van der Waals surface area contributed by atoms with Crippen LogP contribution in [0.1, 0.15) is 111 Å². The minimum absolute atomic E-state index is 0.403. The molecule has 0 aliphatic heterocycles. The quantitative estimate of drug-likeness (QED) is 0.148. The van der Waals surface area contributed by atoms with E-state index < -0.39 is 37.3 Å². The van der Waals surface area contributed by atoms with Crippen LogP contribution in [0.4, 0.5) is 0 Å². The van der Waals surface area contributed by atoms with E-state index in [1.54, 1.807) is 12.4 Å².